The number of fused-ring (bicyclic) bond motifs is 3. The molecule has 3 heterocycles. The summed E-state index contributed by atoms with van der Waals surface area (Å²) >= 11 is 0. The molecule has 0 spiro atoms. The fraction of sp³-hybridized carbons (Fsp3) is 0.400. The molecule has 0 saturated heterocycles. The summed E-state index contributed by atoms with van der Waals surface area (Å²) in [6.45, 7) is 8.65. The summed E-state index contributed by atoms with van der Waals surface area (Å²) in [7, 11) is 1.65. The predicted molar refractivity (Wildman–Crippen MR) is 110 cm³/mol. The normalized spacial score (nSPS) is 16.4. The Morgan fingerprint density at radius 3 is 2.54 bits per heavy atom. The van der Waals surface area contributed by atoms with E-state index in [0.29, 0.717) is 30.2 Å². The molecule has 1 aliphatic heterocycles. The molecule has 146 valence electrons. The highest BCUT2D eigenvalue weighted by Crippen LogP contribution is 2.31. The molecule has 4 rings (SSSR count). The molecular formula is C20H24N6O2. The zero-order chi connectivity index (χ0) is 20.2. The van der Waals surface area contributed by atoms with Gasteiger partial charge in [-0.15, -0.1) is 0 Å². The van der Waals surface area contributed by atoms with Crippen molar-refractivity contribution in [3.8, 4) is 0 Å². The second-order valence-electron chi connectivity index (χ2n) is 7.25. The maximum Gasteiger partial charge on any atom is 0.332 e. The first kappa shape index (κ1) is 18.2. The lowest BCUT2D eigenvalue weighted by Gasteiger charge is -2.29. The zero-order valence-corrected chi connectivity index (χ0v) is 16.8. The van der Waals surface area contributed by atoms with Crippen LogP contribution in [-0.2, 0) is 20.1 Å². The van der Waals surface area contributed by atoms with Crippen LogP contribution in [0.25, 0.3) is 11.2 Å². The van der Waals surface area contributed by atoms with Gasteiger partial charge in [0.1, 0.15) is 0 Å². The van der Waals surface area contributed by atoms with Gasteiger partial charge in [0.05, 0.1) is 18.3 Å². The molecule has 8 nitrogen and oxygen atoms in total. The van der Waals surface area contributed by atoms with E-state index >= 15 is 0 Å². The summed E-state index contributed by atoms with van der Waals surface area (Å²) in [6, 6.07) is 8.00. The van der Waals surface area contributed by atoms with Crippen LogP contribution in [-0.4, -0.2) is 24.4 Å². The van der Waals surface area contributed by atoms with Crippen LogP contribution in [0.1, 0.15) is 37.9 Å². The molecule has 1 atom stereocenters. The Bertz CT molecular complexity index is 1230. The Morgan fingerprint density at radius 1 is 1.14 bits per heavy atom. The van der Waals surface area contributed by atoms with Crippen LogP contribution in [0.15, 0.2) is 39.0 Å². The second kappa shape index (κ2) is 6.47. The van der Waals surface area contributed by atoms with E-state index in [-0.39, 0.29) is 17.3 Å². The van der Waals surface area contributed by atoms with E-state index in [1.807, 2.05) is 35.6 Å². The van der Waals surface area contributed by atoms with Gasteiger partial charge in [-0.1, -0.05) is 24.3 Å². The van der Waals surface area contributed by atoms with Crippen LogP contribution < -0.4 is 16.3 Å². The SMILES string of the molecule is CCn1c(=O)c2c(nc3n2[C@H](C)C(C)=NN3Cc2ccccc2C)n(C)c1=O. The molecule has 0 unspecified atom stereocenters. The first-order valence-electron chi connectivity index (χ1n) is 9.44. The van der Waals surface area contributed by atoms with Gasteiger partial charge >= 0.3 is 5.69 Å². The molecule has 1 aliphatic rings. The first-order chi connectivity index (χ1) is 13.3. The van der Waals surface area contributed by atoms with Gasteiger partial charge in [-0.2, -0.15) is 10.1 Å². The molecular weight excluding hydrogens is 356 g/mol. The van der Waals surface area contributed by atoms with Crippen molar-refractivity contribution in [3.63, 3.8) is 0 Å². The molecule has 0 saturated carbocycles. The highest BCUT2D eigenvalue weighted by Gasteiger charge is 2.30. The summed E-state index contributed by atoms with van der Waals surface area (Å²) in [5, 5.41) is 6.55. The Balaban J connectivity index is 1.99. The van der Waals surface area contributed by atoms with E-state index in [1.54, 1.807) is 14.0 Å². The van der Waals surface area contributed by atoms with Gasteiger partial charge in [0.25, 0.3) is 5.56 Å². The number of aryl methyl sites for hydroxylation is 2. The number of benzene rings is 1. The second-order valence-corrected chi connectivity index (χ2v) is 7.25. The van der Waals surface area contributed by atoms with Crippen molar-refractivity contribution in [2.24, 2.45) is 12.1 Å². The van der Waals surface area contributed by atoms with E-state index in [0.717, 1.165) is 16.8 Å². The minimum Gasteiger partial charge on any atom is -0.294 e. The molecule has 0 radical (unpaired) electrons. The standard InChI is InChI=1S/C20H24N6O2/c1-6-24-18(27)16-17(23(5)20(24)28)21-19-25(22-13(3)14(4)26(16)19)11-15-10-8-7-9-12(15)2/h7-10,14H,6,11H2,1-5H3/t14-/m1/s1. The monoisotopic (exact) mass is 380 g/mol. The van der Waals surface area contributed by atoms with Crippen LogP contribution in [0.5, 0.6) is 0 Å². The molecule has 1 aromatic carbocycles. The number of hydrogen-bond acceptors (Lipinski definition) is 5. The average molecular weight is 380 g/mol. The van der Waals surface area contributed by atoms with E-state index in [2.05, 4.69) is 24.0 Å². The molecule has 28 heavy (non-hydrogen) atoms. The lowest BCUT2D eigenvalue weighted by Crippen LogP contribution is -2.40. The molecule has 0 amide bonds. The fourth-order valence-corrected chi connectivity index (χ4v) is 3.72. The Kier molecular flexibility index (Phi) is 4.21. The maximum atomic E-state index is 13.1. The fourth-order valence-electron chi connectivity index (χ4n) is 3.72. The van der Waals surface area contributed by atoms with Gasteiger partial charge in [-0.25, -0.2) is 9.80 Å². The Labute approximate surface area is 162 Å². The van der Waals surface area contributed by atoms with Crippen LogP contribution in [0.3, 0.4) is 0 Å². The van der Waals surface area contributed by atoms with Gasteiger partial charge in [0.15, 0.2) is 11.2 Å². The topological polar surface area (TPSA) is 77.4 Å². The van der Waals surface area contributed by atoms with Crippen LogP contribution in [0.2, 0.25) is 0 Å². The summed E-state index contributed by atoms with van der Waals surface area (Å²) in [4.78, 5) is 30.3. The zero-order valence-electron chi connectivity index (χ0n) is 16.8. The number of nitrogens with zero attached hydrogens (tertiary/aromatic N) is 6. The van der Waals surface area contributed by atoms with Crippen molar-refractivity contribution >= 4 is 22.8 Å². The summed E-state index contributed by atoms with van der Waals surface area (Å²) in [6.07, 6.45) is 0. The maximum absolute atomic E-state index is 13.1. The lowest BCUT2D eigenvalue weighted by atomic mass is 10.1. The van der Waals surface area contributed by atoms with Crippen LogP contribution >= 0.6 is 0 Å². The van der Waals surface area contributed by atoms with Crippen molar-refractivity contribution in [1.29, 1.82) is 0 Å². The molecule has 2 aromatic heterocycles. The highest BCUT2D eigenvalue weighted by molar-refractivity contribution is 5.91. The van der Waals surface area contributed by atoms with Crippen molar-refractivity contribution in [2.75, 3.05) is 5.01 Å². The van der Waals surface area contributed by atoms with Gasteiger partial charge in [0.2, 0.25) is 5.95 Å². The smallest absolute Gasteiger partial charge is 0.294 e. The number of hydrogen-bond donors (Lipinski definition) is 0. The number of aromatic nitrogens is 4. The van der Waals surface area contributed by atoms with E-state index < -0.39 is 0 Å². The first-order valence-corrected chi connectivity index (χ1v) is 9.44. The third kappa shape index (κ3) is 2.51. The number of hydrazone groups is 1. The average Bonchev–Trinajstić information content (AvgIpc) is 3.08. The quantitative estimate of drug-likeness (QED) is 0.698. The van der Waals surface area contributed by atoms with Crippen molar-refractivity contribution in [1.82, 2.24) is 18.7 Å². The van der Waals surface area contributed by atoms with Gasteiger partial charge < -0.3 is 0 Å². The molecule has 0 aliphatic carbocycles. The summed E-state index contributed by atoms with van der Waals surface area (Å²) < 4.78 is 4.60. The third-order valence-corrected chi connectivity index (χ3v) is 5.56. The van der Waals surface area contributed by atoms with Crippen LogP contribution in [0, 0.1) is 6.92 Å². The lowest BCUT2D eigenvalue weighted by molar-refractivity contribution is 0.618. The van der Waals surface area contributed by atoms with Crippen molar-refractivity contribution in [3.05, 3.63) is 56.2 Å². The number of imidazole rings is 1. The minimum absolute atomic E-state index is 0.122. The summed E-state index contributed by atoms with van der Waals surface area (Å²) in [5.74, 6) is 0.581. The molecule has 3 aromatic rings. The van der Waals surface area contributed by atoms with Crippen LogP contribution in [0.4, 0.5) is 5.95 Å². The summed E-state index contributed by atoms with van der Waals surface area (Å²) in [5.41, 5.74) is 3.35. The number of anilines is 1. The molecule has 0 N–H and O–H groups in total. The van der Waals surface area contributed by atoms with E-state index in [9.17, 15) is 9.59 Å². The number of rotatable bonds is 3. The largest absolute Gasteiger partial charge is 0.332 e. The molecule has 0 bridgehead atoms. The predicted octanol–water partition coefficient (Wildman–Crippen LogP) is 2.18. The van der Waals surface area contributed by atoms with Gasteiger partial charge in [-0.3, -0.25) is 18.5 Å². The third-order valence-electron chi connectivity index (χ3n) is 5.56. The molecule has 8 heteroatoms. The highest BCUT2D eigenvalue weighted by atomic mass is 16.2. The van der Waals surface area contributed by atoms with E-state index in [4.69, 9.17) is 5.10 Å². The van der Waals surface area contributed by atoms with E-state index in [1.165, 1.54) is 9.13 Å². The minimum atomic E-state index is -0.355. The molecule has 0 fully saturated rings. The Hall–Kier alpha value is -3.16. The van der Waals surface area contributed by atoms with Gasteiger partial charge in [0, 0.05) is 13.6 Å². The Morgan fingerprint density at radius 2 is 1.86 bits per heavy atom. The van der Waals surface area contributed by atoms with Crippen molar-refractivity contribution < 1.29 is 0 Å². The van der Waals surface area contributed by atoms with Crippen molar-refractivity contribution in [2.45, 2.75) is 46.8 Å². The van der Waals surface area contributed by atoms with Gasteiger partial charge in [-0.05, 0) is 38.8 Å².